The maximum atomic E-state index is 13.0. The Kier molecular flexibility index (Phi) is 18.1. The van der Waals surface area contributed by atoms with Gasteiger partial charge in [0.15, 0.2) is 11.4 Å². The number of fused-ring (bicyclic) bond motifs is 1. The second-order valence-corrected chi connectivity index (χ2v) is 23.2. The van der Waals surface area contributed by atoms with Crippen molar-refractivity contribution in [2.24, 2.45) is 30.7 Å². The average molecular weight is 1170 g/mol. The number of aromatic hydroxyl groups is 2. The third kappa shape index (κ3) is 15.3. The molecule has 0 aliphatic rings. The number of hydrogen-bond donors (Lipinski definition) is 8. The minimum Gasteiger partial charge on any atom is -0.505 e. The third-order valence-corrected chi connectivity index (χ3v) is 13.8. The van der Waals surface area contributed by atoms with Crippen molar-refractivity contribution in [2.75, 3.05) is 25.7 Å². The number of carboxylic acid groups (broad SMARTS) is 1. The lowest BCUT2D eigenvalue weighted by atomic mass is 10.1. The van der Waals surface area contributed by atoms with Crippen LogP contribution in [0.15, 0.2) is 112 Å². The summed E-state index contributed by atoms with van der Waals surface area (Å²) in [5.41, 5.74) is -3.61. The van der Waals surface area contributed by atoms with Crippen molar-refractivity contribution in [3.05, 3.63) is 88.1 Å². The van der Waals surface area contributed by atoms with Crippen LogP contribution in [0.3, 0.4) is 0 Å². The number of carbonyl (C=O) groups is 1. The van der Waals surface area contributed by atoms with Crippen LogP contribution >= 0.6 is 11.3 Å². The first kappa shape index (κ1) is 59.4. The van der Waals surface area contributed by atoms with E-state index in [9.17, 15) is 80.4 Å². The Morgan fingerprint density at radius 1 is 0.776 bits per heavy atom. The van der Waals surface area contributed by atoms with Gasteiger partial charge in [0.2, 0.25) is 16.7 Å². The normalized spacial score (nSPS) is 13.2. The number of benzene rings is 4. The van der Waals surface area contributed by atoms with E-state index in [0.29, 0.717) is 38.2 Å². The first-order chi connectivity index (χ1) is 35.1. The molecule has 4 aromatic carbocycles. The van der Waals surface area contributed by atoms with Gasteiger partial charge in [0.25, 0.3) is 50.6 Å². The van der Waals surface area contributed by atoms with Crippen LogP contribution in [0.1, 0.15) is 29.4 Å². The van der Waals surface area contributed by atoms with E-state index in [0.717, 1.165) is 47.7 Å². The topological polar surface area (TPSA) is 473 Å². The zero-order valence-corrected chi connectivity index (χ0v) is 43.9. The van der Waals surface area contributed by atoms with Gasteiger partial charge in [-0.1, -0.05) is 24.0 Å². The maximum absolute atomic E-state index is 13.0. The van der Waals surface area contributed by atoms with Crippen LogP contribution in [0, 0.1) is 6.92 Å². The average Bonchev–Trinajstić information content (AvgIpc) is 3.86. The molecule has 0 unspecified atom stereocenters. The molecule has 8 N–H and O–H groups in total. The largest absolute Gasteiger partial charge is 0.505 e. The number of aromatic carboxylic acids is 1. The Morgan fingerprint density at radius 2 is 1.38 bits per heavy atom. The van der Waals surface area contributed by atoms with Crippen LogP contribution in [0.2, 0.25) is 0 Å². The molecule has 0 aliphatic carbocycles. The molecule has 0 aliphatic heterocycles. The van der Waals surface area contributed by atoms with Crippen LogP contribution in [0.25, 0.3) is 28.6 Å². The van der Waals surface area contributed by atoms with Crippen LogP contribution in [-0.4, -0.2) is 127 Å². The van der Waals surface area contributed by atoms with Gasteiger partial charge < -0.3 is 24.8 Å². The molecule has 2 heterocycles. The maximum Gasteiger partial charge on any atom is 0.358 e. The number of nitrogens with zero attached hydrogens (tertiary/aromatic N) is 9. The summed E-state index contributed by atoms with van der Waals surface area (Å²) in [6.07, 6.45) is 3.85. The minimum absolute atomic E-state index is 0.158. The lowest BCUT2D eigenvalue weighted by Gasteiger charge is -2.13. The molecule has 0 amide bonds. The van der Waals surface area contributed by atoms with E-state index in [1.54, 1.807) is 26.0 Å². The van der Waals surface area contributed by atoms with Crippen molar-refractivity contribution in [2.45, 2.75) is 35.0 Å². The van der Waals surface area contributed by atoms with E-state index in [-0.39, 0.29) is 41.0 Å². The van der Waals surface area contributed by atoms with Crippen molar-refractivity contribution >= 4 is 124 Å². The van der Waals surface area contributed by atoms with Gasteiger partial charge in [0, 0.05) is 16.8 Å². The van der Waals surface area contributed by atoms with E-state index >= 15 is 0 Å². The quantitative estimate of drug-likeness (QED) is 0.0218. The highest BCUT2D eigenvalue weighted by molar-refractivity contribution is 7.87. The number of aromatic nitrogens is 3. The van der Waals surface area contributed by atoms with Gasteiger partial charge in [0.05, 0.1) is 51.9 Å². The van der Waals surface area contributed by atoms with E-state index < -0.39 is 122 Å². The number of rotatable bonds is 18. The van der Waals surface area contributed by atoms with Crippen molar-refractivity contribution in [1.29, 1.82) is 0 Å². The van der Waals surface area contributed by atoms with Crippen LogP contribution < -0.4 is 14.6 Å². The van der Waals surface area contributed by atoms with E-state index in [1.165, 1.54) is 19.2 Å². The highest BCUT2D eigenvalue weighted by Gasteiger charge is 2.29. The Labute approximate surface area is 433 Å². The lowest BCUT2D eigenvalue weighted by molar-refractivity contribution is 0.0690. The van der Waals surface area contributed by atoms with Gasteiger partial charge >= 0.3 is 5.97 Å². The number of phenols is 1. The molecule has 0 fully saturated rings. The number of methoxy groups -OCH3 is 1. The Bertz CT molecular complexity index is 4110. The number of azo groups is 3. The summed E-state index contributed by atoms with van der Waals surface area (Å²) in [7, 11) is -22.3. The molecule has 76 heavy (non-hydrogen) atoms. The zero-order valence-electron chi connectivity index (χ0n) is 39.0. The Hall–Kier alpha value is -7.52. The monoisotopic (exact) mass is 1170 g/mol. The molecule has 2 aromatic heterocycles. The lowest BCUT2D eigenvalue weighted by Crippen LogP contribution is -2.20. The number of hydrogen-bond acceptors (Lipinski definition) is 24. The summed E-state index contributed by atoms with van der Waals surface area (Å²) in [6.45, 7) is 6.72. The summed E-state index contributed by atoms with van der Waals surface area (Å²) in [4.78, 5) is 13.4. The van der Waals surface area contributed by atoms with Gasteiger partial charge in [0.1, 0.15) is 38.4 Å². The highest BCUT2D eigenvalue weighted by atomic mass is 32.2. The van der Waals surface area contributed by atoms with Crippen molar-refractivity contribution in [3.63, 3.8) is 0 Å². The summed E-state index contributed by atoms with van der Waals surface area (Å²) in [5.74, 6) is -4.51. The highest BCUT2D eigenvalue weighted by Crippen LogP contribution is 2.47. The summed E-state index contributed by atoms with van der Waals surface area (Å²) in [6, 6.07) is 8.68. The number of allylic oxidation sites excluding steroid dienone is 1. The fourth-order valence-corrected chi connectivity index (χ4v) is 9.49. The van der Waals surface area contributed by atoms with Crippen LogP contribution in [0.4, 0.5) is 33.6 Å². The molecule has 406 valence electrons. The molecular formula is C40H39N9O21S6. The second-order valence-electron chi connectivity index (χ2n) is 15.0. The zero-order chi connectivity index (χ0) is 56.9. The second kappa shape index (κ2) is 23.2. The Balaban J connectivity index is 0.00000203. The molecule has 6 rings (SSSR count). The first-order valence-corrected chi connectivity index (χ1v) is 28.9. The van der Waals surface area contributed by atoms with Crippen LogP contribution in [-0.2, 0) is 55.3 Å². The molecule has 0 spiro atoms. The molecular weight excluding hydrogens is 1130 g/mol. The summed E-state index contributed by atoms with van der Waals surface area (Å²) >= 11 is 1.15. The Morgan fingerprint density at radius 3 is 1.93 bits per heavy atom. The fourth-order valence-electron chi connectivity index (χ4n) is 6.18. The van der Waals surface area contributed by atoms with Gasteiger partial charge in [-0.25, -0.2) is 9.78 Å². The van der Waals surface area contributed by atoms with Crippen molar-refractivity contribution < 1.29 is 94.4 Å². The predicted octanol–water partition coefficient (Wildman–Crippen LogP) is 5.79. The molecule has 36 heteroatoms. The first-order valence-electron chi connectivity index (χ1n) is 20.3. The molecule has 0 saturated heterocycles. The standard InChI is InChI=1S/C39H35N9O18S5.CH4O3S/c1-5-25-30(16-20(3)65-4)67-39(40-25)46-42-27-18-29(66-13-6-14-68(53,54)55)28(15-19(27)2)43-44-32-31(70(59,60)61)17-24-23(35(32)49)11-12-26(36(24)71(62,63)64)41-45-33-34(38(51)52)47-48(37(33)50)21-7-9-22(10-8-21)69(56,57)58;1-5(2,3)4/h5,7-12,15-18,49-50H,3,6,13-14H2,1-2,4H3,(H,51,52)(H,53,54,55)(H,56,57,58)(H,59,60,61)(H,62,63,64);1H3,(H,2,3,4)/b25-5+,30-16+,44-43?,45-41?,46-42?;. The van der Waals surface area contributed by atoms with Gasteiger partial charge in [-0.05, 0) is 80.4 Å². The predicted molar refractivity (Wildman–Crippen MR) is 267 cm³/mol. The van der Waals surface area contributed by atoms with Crippen molar-refractivity contribution in [3.8, 4) is 23.1 Å². The SMILES string of the molecule is C=C(/C=c1/sc(N=Nc2cc(OCCCS(=O)(=O)O)c(N=Nc3c(S(=O)(=O)O)cc4c(S(=O)(=O)O)c(N=Nc5c(C(=O)O)nn(-c6ccc(S(=O)(=O)O)cc6)c5O)ccc4c3O)cc2C)n/c1=C/C)OC.CS(=O)(=O)O. The number of phenolic OH excluding ortho intramolecular Hbond substituents is 1. The summed E-state index contributed by atoms with van der Waals surface area (Å²) < 4.78 is 175. The van der Waals surface area contributed by atoms with E-state index in [4.69, 9.17) is 14.0 Å². The smallest absolute Gasteiger partial charge is 0.358 e. The third-order valence-electron chi connectivity index (χ3n) is 9.46. The molecule has 0 saturated carbocycles. The number of ether oxygens (including phenoxy) is 2. The van der Waals surface area contributed by atoms with Gasteiger partial charge in [-0.2, -0.15) is 51.9 Å². The molecule has 6 aromatic rings. The minimum atomic E-state index is -5.53. The molecule has 0 radical (unpaired) electrons. The summed E-state index contributed by atoms with van der Waals surface area (Å²) in [5, 5.41) is 58.9. The number of aryl methyl sites for hydroxylation is 1. The molecule has 0 bridgehead atoms. The number of carboxylic acids is 1. The van der Waals surface area contributed by atoms with Crippen molar-refractivity contribution in [1.82, 2.24) is 14.8 Å². The molecule has 30 nitrogen and oxygen atoms in total. The van der Waals surface area contributed by atoms with Crippen LogP contribution in [0.5, 0.6) is 17.4 Å². The van der Waals surface area contributed by atoms with Gasteiger partial charge in [-0.15, -0.1) is 30.7 Å². The van der Waals surface area contributed by atoms with E-state index in [1.807, 2.05) is 0 Å². The fraction of sp³-hybridized carbons (Fsp3) is 0.175. The number of thiazole rings is 1. The molecule has 0 atom stereocenters. The van der Waals surface area contributed by atoms with E-state index in [2.05, 4.69) is 47.3 Å². The van der Waals surface area contributed by atoms with Gasteiger partial charge in [-0.3, -0.25) is 22.8 Å².